The third-order valence-corrected chi connectivity index (χ3v) is 2.97. The first kappa shape index (κ1) is 14.4. The normalized spacial score (nSPS) is 12.0. The van der Waals surface area contributed by atoms with Gasteiger partial charge in [0.25, 0.3) is 0 Å². The summed E-state index contributed by atoms with van der Waals surface area (Å²) in [6.45, 7) is 11.7. The SMILES string of the molecule is CC(C)CN(CCCCCBr)C(C)C. The lowest BCUT2D eigenvalue weighted by Gasteiger charge is -2.28. The molecule has 0 aliphatic carbocycles. The molecule has 0 bridgehead atoms. The summed E-state index contributed by atoms with van der Waals surface area (Å²) in [6, 6.07) is 0.696. The fraction of sp³-hybridized carbons (Fsp3) is 1.00. The topological polar surface area (TPSA) is 3.24 Å². The zero-order chi connectivity index (χ0) is 11.0. The molecule has 0 heterocycles. The van der Waals surface area contributed by atoms with Crippen LogP contribution in [0.3, 0.4) is 0 Å². The van der Waals surface area contributed by atoms with Crippen LogP contribution in [-0.4, -0.2) is 29.4 Å². The lowest BCUT2D eigenvalue weighted by Crippen LogP contribution is -2.34. The molecule has 0 radical (unpaired) electrons. The average Bonchev–Trinajstić information content (AvgIpc) is 2.09. The number of hydrogen-bond acceptors (Lipinski definition) is 1. The molecule has 0 aromatic heterocycles. The summed E-state index contributed by atoms with van der Waals surface area (Å²) in [5.41, 5.74) is 0. The number of hydrogen-bond donors (Lipinski definition) is 0. The van der Waals surface area contributed by atoms with Crippen molar-refractivity contribution in [3.63, 3.8) is 0 Å². The largest absolute Gasteiger partial charge is 0.301 e. The van der Waals surface area contributed by atoms with Crippen LogP contribution in [0.5, 0.6) is 0 Å². The fourth-order valence-electron chi connectivity index (χ4n) is 1.62. The minimum absolute atomic E-state index is 0.696. The van der Waals surface area contributed by atoms with Crippen LogP contribution in [0.2, 0.25) is 0 Å². The summed E-state index contributed by atoms with van der Waals surface area (Å²) in [6.07, 6.45) is 4.01. The monoisotopic (exact) mass is 263 g/mol. The van der Waals surface area contributed by atoms with Gasteiger partial charge in [-0.15, -0.1) is 0 Å². The molecule has 0 aliphatic rings. The molecular formula is C12H26BrN. The lowest BCUT2D eigenvalue weighted by atomic mass is 10.1. The van der Waals surface area contributed by atoms with E-state index in [1.165, 1.54) is 32.4 Å². The van der Waals surface area contributed by atoms with Crippen LogP contribution in [0.4, 0.5) is 0 Å². The Morgan fingerprint density at radius 1 is 1.00 bits per heavy atom. The quantitative estimate of drug-likeness (QED) is 0.474. The van der Waals surface area contributed by atoms with Crippen LogP contribution in [-0.2, 0) is 0 Å². The highest BCUT2D eigenvalue weighted by Crippen LogP contribution is 2.07. The van der Waals surface area contributed by atoms with E-state index in [2.05, 4.69) is 48.5 Å². The molecule has 0 aromatic carbocycles. The van der Waals surface area contributed by atoms with Crippen LogP contribution in [0, 0.1) is 5.92 Å². The summed E-state index contributed by atoms with van der Waals surface area (Å²) in [5.74, 6) is 0.786. The van der Waals surface area contributed by atoms with E-state index < -0.39 is 0 Å². The molecule has 0 spiro atoms. The highest BCUT2D eigenvalue weighted by Gasteiger charge is 2.09. The molecule has 0 saturated carbocycles. The van der Waals surface area contributed by atoms with E-state index in [0.717, 1.165) is 11.2 Å². The minimum Gasteiger partial charge on any atom is -0.301 e. The third kappa shape index (κ3) is 7.81. The van der Waals surface area contributed by atoms with Gasteiger partial charge in [0.05, 0.1) is 0 Å². The summed E-state index contributed by atoms with van der Waals surface area (Å²) in [4.78, 5) is 2.60. The van der Waals surface area contributed by atoms with Crippen LogP contribution in [0.15, 0.2) is 0 Å². The van der Waals surface area contributed by atoms with Crippen LogP contribution in [0.1, 0.15) is 47.0 Å². The molecule has 2 heteroatoms. The van der Waals surface area contributed by atoms with Gasteiger partial charge in [-0.2, -0.15) is 0 Å². The Balaban J connectivity index is 3.63. The molecule has 14 heavy (non-hydrogen) atoms. The number of rotatable bonds is 8. The molecule has 0 unspecified atom stereocenters. The molecule has 0 aromatic rings. The molecule has 1 nitrogen and oxygen atoms in total. The van der Waals surface area contributed by atoms with Gasteiger partial charge in [0.2, 0.25) is 0 Å². The zero-order valence-electron chi connectivity index (χ0n) is 10.2. The number of unbranched alkanes of at least 4 members (excludes halogenated alkanes) is 2. The fourth-order valence-corrected chi connectivity index (χ4v) is 2.01. The van der Waals surface area contributed by atoms with E-state index in [1.807, 2.05) is 0 Å². The van der Waals surface area contributed by atoms with Gasteiger partial charge in [-0.1, -0.05) is 36.2 Å². The Hall–Kier alpha value is 0.440. The van der Waals surface area contributed by atoms with Gasteiger partial charge in [0.1, 0.15) is 0 Å². The Morgan fingerprint density at radius 3 is 2.07 bits per heavy atom. The molecule has 0 atom stereocenters. The molecule has 0 N–H and O–H groups in total. The Labute approximate surface area is 98.4 Å². The van der Waals surface area contributed by atoms with Crippen LogP contribution >= 0.6 is 15.9 Å². The molecular weight excluding hydrogens is 238 g/mol. The molecule has 0 fully saturated rings. The van der Waals surface area contributed by atoms with E-state index in [-0.39, 0.29) is 0 Å². The van der Waals surface area contributed by atoms with Crippen molar-refractivity contribution in [2.24, 2.45) is 5.92 Å². The van der Waals surface area contributed by atoms with Gasteiger partial charge < -0.3 is 4.90 Å². The smallest absolute Gasteiger partial charge is 0.00387 e. The van der Waals surface area contributed by atoms with Gasteiger partial charge in [-0.3, -0.25) is 0 Å². The molecule has 0 saturated heterocycles. The van der Waals surface area contributed by atoms with Gasteiger partial charge in [-0.25, -0.2) is 0 Å². The standard InChI is InChI=1S/C12H26BrN/c1-11(2)10-14(12(3)4)9-7-5-6-8-13/h11-12H,5-10H2,1-4H3. The first-order valence-electron chi connectivity index (χ1n) is 5.88. The average molecular weight is 264 g/mol. The second-order valence-electron chi connectivity index (χ2n) is 4.73. The van der Waals surface area contributed by atoms with Crippen LogP contribution < -0.4 is 0 Å². The maximum absolute atomic E-state index is 3.47. The second kappa shape index (κ2) is 8.72. The van der Waals surface area contributed by atoms with E-state index in [9.17, 15) is 0 Å². The van der Waals surface area contributed by atoms with E-state index in [1.54, 1.807) is 0 Å². The van der Waals surface area contributed by atoms with Crippen molar-refractivity contribution in [1.29, 1.82) is 0 Å². The molecule has 0 aliphatic heterocycles. The van der Waals surface area contributed by atoms with Crippen molar-refractivity contribution in [2.75, 3.05) is 18.4 Å². The number of nitrogens with zero attached hydrogens (tertiary/aromatic N) is 1. The maximum Gasteiger partial charge on any atom is 0.00387 e. The summed E-state index contributed by atoms with van der Waals surface area (Å²) < 4.78 is 0. The molecule has 0 amide bonds. The Bertz CT molecular complexity index is 123. The third-order valence-electron chi connectivity index (χ3n) is 2.41. The van der Waals surface area contributed by atoms with Crippen molar-refractivity contribution in [1.82, 2.24) is 4.90 Å². The van der Waals surface area contributed by atoms with Gasteiger partial charge in [-0.05, 0) is 39.2 Å². The van der Waals surface area contributed by atoms with Gasteiger partial charge >= 0.3 is 0 Å². The Morgan fingerprint density at radius 2 is 1.64 bits per heavy atom. The van der Waals surface area contributed by atoms with Gasteiger partial charge in [0, 0.05) is 17.9 Å². The Kier molecular flexibility index (Phi) is 9.00. The van der Waals surface area contributed by atoms with E-state index in [0.29, 0.717) is 6.04 Å². The number of alkyl halides is 1. The van der Waals surface area contributed by atoms with Crippen molar-refractivity contribution in [3.8, 4) is 0 Å². The first-order chi connectivity index (χ1) is 6.57. The first-order valence-corrected chi connectivity index (χ1v) is 7.00. The maximum atomic E-state index is 3.47. The van der Waals surface area contributed by atoms with E-state index in [4.69, 9.17) is 0 Å². The van der Waals surface area contributed by atoms with Crippen molar-refractivity contribution < 1.29 is 0 Å². The van der Waals surface area contributed by atoms with Crippen molar-refractivity contribution in [2.45, 2.75) is 53.0 Å². The highest BCUT2D eigenvalue weighted by molar-refractivity contribution is 9.09. The minimum atomic E-state index is 0.696. The molecule has 0 rings (SSSR count). The predicted octanol–water partition coefficient (Wildman–Crippen LogP) is 3.92. The summed E-state index contributed by atoms with van der Waals surface area (Å²) in [5, 5.41) is 1.15. The van der Waals surface area contributed by atoms with Crippen LogP contribution in [0.25, 0.3) is 0 Å². The van der Waals surface area contributed by atoms with Gasteiger partial charge in [0.15, 0.2) is 0 Å². The predicted molar refractivity (Wildman–Crippen MR) is 69.2 cm³/mol. The zero-order valence-corrected chi connectivity index (χ0v) is 11.8. The summed E-state index contributed by atoms with van der Waals surface area (Å²) >= 11 is 3.47. The summed E-state index contributed by atoms with van der Waals surface area (Å²) in [7, 11) is 0. The lowest BCUT2D eigenvalue weighted by molar-refractivity contribution is 0.194. The van der Waals surface area contributed by atoms with Crippen molar-refractivity contribution >= 4 is 15.9 Å². The van der Waals surface area contributed by atoms with E-state index >= 15 is 0 Å². The highest BCUT2D eigenvalue weighted by atomic mass is 79.9. The number of halogens is 1. The van der Waals surface area contributed by atoms with Crippen molar-refractivity contribution in [3.05, 3.63) is 0 Å². The molecule has 86 valence electrons. The second-order valence-corrected chi connectivity index (χ2v) is 5.53.